The summed E-state index contributed by atoms with van der Waals surface area (Å²) in [4.78, 5) is 24.8. The molecule has 1 aliphatic heterocycles. The van der Waals surface area contributed by atoms with E-state index in [4.69, 9.17) is 4.74 Å². The Hall–Kier alpha value is -1.89. The van der Waals surface area contributed by atoms with Crippen LogP contribution in [-0.2, 0) is 20.8 Å². The van der Waals surface area contributed by atoms with Crippen molar-refractivity contribution in [1.29, 1.82) is 0 Å². The molecule has 0 N–H and O–H groups in total. The highest BCUT2D eigenvalue weighted by Crippen LogP contribution is 2.05. The number of ether oxygens (including phenoxy) is 2. The summed E-state index contributed by atoms with van der Waals surface area (Å²) in [6.45, 7) is 2.25. The summed E-state index contributed by atoms with van der Waals surface area (Å²) in [5.41, 5.74) is 0.334. The summed E-state index contributed by atoms with van der Waals surface area (Å²) in [5, 5.41) is 4.06. The molecule has 2 rings (SSSR count). The average molecular weight is 253 g/mol. The fourth-order valence-electron chi connectivity index (χ4n) is 1.69. The molecule has 1 aromatic rings. The van der Waals surface area contributed by atoms with Crippen LogP contribution in [0.15, 0.2) is 12.3 Å². The summed E-state index contributed by atoms with van der Waals surface area (Å²) in [7, 11) is 1.31. The summed E-state index contributed by atoms with van der Waals surface area (Å²) in [6.07, 6.45) is 1.59. The number of nitrogens with zero attached hydrogens (tertiary/aromatic N) is 3. The van der Waals surface area contributed by atoms with Crippen molar-refractivity contribution in [2.24, 2.45) is 0 Å². The van der Waals surface area contributed by atoms with Crippen molar-refractivity contribution in [2.45, 2.75) is 6.54 Å². The largest absolute Gasteiger partial charge is 0.468 e. The third-order valence-corrected chi connectivity index (χ3v) is 2.68. The minimum absolute atomic E-state index is 0.00684. The first kappa shape index (κ1) is 12.6. The molecule has 18 heavy (non-hydrogen) atoms. The lowest BCUT2D eigenvalue weighted by molar-refractivity contribution is -0.141. The number of hydrogen-bond donors (Lipinski definition) is 0. The number of carbonyl (C=O) groups is 2. The third kappa shape index (κ3) is 2.86. The maximum atomic E-state index is 12.0. The SMILES string of the molecule is COC(=O)Cn1ccc(C(=O)N2CCOCC2)n1. The molecule has 2 heterocycles. The molecule has 0 saturated carbocycles. The predicted molar refractivity (Wildman–Crippen MR) is 61.0 cm³/mol. The van der Waals surface area contributed by atoms with E-state index in [9.17, 15) is 9.59 Å². The minimum Gasteiger partial charge on any atom is -0.468 e. The highest BCUT2D eigenvalue weighted by molar-refractivity contribution is 5.92. The van der Waals surface area contributed by atoms with E-state index in [0.717, 1.165) is 0 Å². The van der Waals surface area contributed by atoms with Crippen LogP contribution in [0.5, 0.6) is 0 Å². The van der Waals surface area contributed by atoms with Gasteiger partial charge in [0.25, 0.3) is 5.91 Å². The van der Waals surface area contributed by atoms with Gasteiger partial charge in [-0.05, 0) is 6.07 Å². The van der Waals surface area contributed by atoms with Crippen LogP contribution in [0, 0.1) is 0 Å². The van der Waals surface area contributed by atoms with E-state index in [1.54, 1.807) is 17.2 Å². The van der Waals surface area contributed by atoms with Gasteiger partial charge in [0.05, 0.1) is 20.3 Å². The fraction of sp³-hybridized carbons (Fsp3) is 0.545. The first-order valence-electron chi connectivity index (χ1n) is 5.68. The van der Waals surface area contributed by atoms with Crippen molar-refractivity contribution < 1.29 is 19.1 Å². The summed E-state index contributed by atoms with van der Waals surface area (Å²) in [5.74, 6) is -0.537. The summed E-state index contributed by atoms with van der Waals surface area (Å²) < 4.78 is 11.1. The average Bonchev–Trinajstić information content (AvgIpc) is 2.87. The topological polar surface area (TPSA) is 73.7 Å². The molecule has 7 nitrogen and oxygen atoms in total. The van der Waals surface area contributed by atoms with Gasteiger partial charge < -0.3 is 14.4 Å². The molecule has 1 aliphatic rings. The number of hydrogen-bond acceptors (Lipinski definition) is 5. The van der Waals surface area contributed by atoms with E-state index >= 15 is 0 Å². The Morgan fingerprint density at radius 1 is 1.44 bits per heavy atom. The molecule has 1 saturated heterocycles. The molecule has 1 fully saturated rings. The number of morpholine rings is 1. The number of methoxy groups -OCH3 is 1. The molecular formula is C11H15N3O4. The highest BCUT2D eigenvalue weighted by Gasteiger charge is 2.20. The second-order valence-electron chi connectivity index (χ2n) is 3.88. The van der Waals surface area contributed by atoms with Gasteiger partial charge in [-0.15, -0.1) is 0 Å². The standard InChI is InChI=1S/C11H15N3O4/c1-17-10(15)8-14-3-2-9(12-14)11(16)13-4-6-18-7-5-13/h2-3H,4-8H2,1H3. The smallest absolute Gasteiger partial charge is 0.327 e. The van der Waals surface area contributed by atoms with Crippen molar-refractivity contribution >= 4 is 11.9 Å². The Labute approximate surface area is 104 Å². The number of rotatable bonds is 3. The van der Waals surface area contributed by atoms with E-state index < -0.39 is 5.97 Å². The normalized spacial score (nSPS) is 15.5. The van der Waals surface area contributed by atoms with E-state index in [0.29, 0.717) is 32.0 Å². The number of carbonyl (C=O) groups excluding carboxylic acids is 2. The molecule has 0 aliphatic carbocycles. The van der Waals surface area contributed by atoms with Crippen LogP contribution in [0.1, 0.15) is 10.5 Å². The van der Waals surface area contributed by atoms with Crippen molar-refractivity contribution in [1.82, 2.24) is 14.7 Å². The molecule has 7 heteroatoms. The van der Waals surface area contributed by atoms with Crippen LogP contribution in [0.3, 0.4) is 0 Å². The monoisotopic (exact) mass is 253 g/mol. The van der Waals surface area contributed by atoms with Gasteiger partial charge in [-0.25, -0.2) is 0 Å². The Morgan fingerprint density at radius 3 is 2.83 bits per heavy atom. The van der Waals surface area contributed by atoms with Gasteiger partial charge in [-0.3, -0.25) is 14.3 Å². The van der Waals surface area contributed by atoms with Crippen molar-refractivity contribution in [2.75, 3.05) is 33.4 Å². The van der Waals surface area contributed by atoms with Gasteiger partial charge in [-0.2, -0.15) is 5.10 Å². The van der Waals surface area contributed by atoms with Gasteiger partial charge in [0.15, 0.2) is 0 Å². The summed E-state index contributed by atoms with van der Waals surface area (Å²) in [6, 6.07) is 1.60. The number of aromatic nitrogens is 2. The lowest BCUT2D eigenvalue weighted by Crippen LogP contribution is -2.40. The Bertz CT molecular complexity index is 437. The zero-order valence-corrected chi connectivity index (χ0v) is 10.2. The maximum Gasteiger partial charge on any atom is 0.327 e. The fourth-order valence-corrected chi connectivity index (χ4v) is 1.69. The molecule has 1 amide bonds. The second-order valence-corrected chi connectivity index (χ2v) is 3.88. The molecule has 0 spiro atoms. The van der Waals surface area contributed by atoms with Gasteiger partial charge in [-0.1, -0.05) is 0 Å². The first-order valence-corrected chi connectivity index (χ1v) is 5.68. The molecule has 0 bridgehead atoms. The van der Waals surface area contributed by atoms with Crippen LogP contribution in [0.4, 0.5) is 0 Å². The van der Waals surface area contributed by atoms with Crippen molar-refractivity contribution in [3.8, 4) is 0 Å². The number of esters is 1. The molecule has 0 radical (unpaired) electrons. The van der Waals surface area contributed by atoms with E-state index in [1.165, 1.54) is 11.8 Å². The van der Waals surface area contributed by atoms with Crippen molar-refractivity contribution in [3.05, 3.63) is 18.0 Å². The Kier molecular flexibility index (Phi) is 3.93. The molecule has 98 valence electrons. The predicted octanol–water partition coefficient (Wildman–Crippen LogP) is -0.472. The molecular weight excluding hydrogens is 238 g/mol. The van der Waals surface area contributed by atoms with Gasteiger partial charge >= 0.3 is 5.97 Å². The molecule has 1 aromatic heterocycles. The zero-order valence-electron chi connectivity index (χ0n) is 10.2. The second kappa shape index (κ2) is 5.63. The zero-order chi connectivity index (χ0) is 13.0. The quantitative estimate of drug-likeness (QED) is 0.681. The summed E-state index contributed by atoms with van der Waals surface area (Å²) >= 11 is 0. The first-order chi connectivity index (χ1) is 8.70. The molecule has 0 unspecified atom stereocenters. The van der Waals surface area contributed by atoms with Gasteiger partial charge in [0, 0.05) is 19.3 Å². The van der Waals surface area contributed by atoms with Gasteiger partial charge in [0.1, 0.15) is 12.2 Å². The lowest BCUT2D eigenvalue weighted by Gasteiger charge is -2.25. The van der Waals surface area contributed by atoms with Crippen LogP contribution in [0.2, 0.25) is 0 Å². The van der Waals surface area contributed by atoms with Gasteiger partial charge in [0.2, 0.25) is 0 Å². The van der Waals surface area contributed by atoms with Crippen molar-refractivity contribution in [3.63, 3.8) is 0 Å². The van der Waals surface area contributed by atoms with Crippen LogP contribution in [-0.4, -0.2) is 60.0 Å². The number of amides is 1. The Balaban J connectivity index is 2.00. The highest BCUT2D eigenvalue weighted by atomic mass is 16.5. The van der Waals surface area contributed by atoms with E-state index in [-0.39, 0.29) is 12.5 Å². The van der Waals surface area contributed by atoms with E-state index in [2.05, 4.69) is 9.84 Å². The maximum absolute atomic E-state index is 12.0. The lowest BCUT2D eigenvalue weighted by atomic mass is 10.3. The minimum atomic E-state index is -0.400. The third-order valence-electron chi connectivity index (χ3n) is 2.68. The van der Waals surface area contributed by atoms with Crippen LogP contribution >= 0.6 is 0 Å². The van der Waals surface area contributed by atoms with Crippen LogP contribution < -0.4 is 0 Å². The Morgan fingerprint density at radius 2 is 2.17 bits per heavy atom. The van der Waals surface area contributed by atoms with E-state index in [1.807, 2.05) is 0 Å². The molecule has 0 atom stereocenters. The van der Waals surface area contributed by atoms with Crippen LogP contribution in [0.25, 0.3) is 0 Å². The molecule has 0 aromatic carbocycles.